The number of aryl methyl sites for hydroxylation is 1. The second-order valence-corrected chi connectivity index (χ2v) is 6.98. The molecule has 3 nitrogen and oxygen atoms in total. The van der Waals surface area contributed by atoms with Crippen molar-refractivity contribution >= 4 is 32.5 Å². The van der Waals surface area contributed by atoms with E-state index in [1.807, 2.05) is 6.07 Å². The average molecular weight is 349 g/mol. The number of morpholine rings is 1. The van der Waals surface area contributed by atoms with Crippen LogP contribution in [0.5, 0.6) is 0 Å². The van der Waals surface area contributed by atoms with Crippen molar-refractivity contribution in [1.29, 1.82) is 0 Å². The molecule has 1 aliphatic rings. The van der Waals surface area contributed by atoms with E-state index < -0.39 is 0 Å². The summed E-state index contributed by atoms with van der Waals surface area (Å²) in [6, 6.07) is 10.6. The van der Waals surface area contributed by atoms with Gasteiger partial charge >= 0.3 is 0 Å². The van der Waals surface area contributed by atoms with Gasteiger partial charge in [-0.05, 0) is 32.9 Å². The van der Waals surface area contributed by atoms with E-state index in [0.717, 1.165) is 29.6 Å². The van der Waals surface area contributed by atoms with Crippen molar-refractivity contribution in [2.75, 3.05) is 23.3 Å². The quantitative estimate of drug-likeness (QED) is 0.769. The molecular weight excluding hydrogens is 328 g/mol. The molecular formula is C17H21BrN2O. The molecule has 1 aromatic heterocycles. The Balaban J connectivity index is 2.07. The number of benzene rings is 1. The maximum Gasteiger partial charge on any atom is 0.0854 e. The van der Waals surface area contributed by atoms with E-state index in [4.69, 9.17) is 4.74 Å². The number of pyridine rings is 1. The number of hydrogen-bond acceptors (Lipinski definition) is 3. The minimum atomic E-state index is -0.144. The van der Waals surface area contributed by atoms with E-state index in [0.29, 0.717) is 0 Å². The predicted octanol–water partition coefficient (Wildman–Crippen LogP) is 3.92. The Morgan fingerprint density at radius 3 is 2.90 bits per heavy atom. The van der Waals surface area contributed by atoms with Gasteiger partial charge in [0, 0.05) is 35.2 Å². The van der Waals surface area contributed by atoms with Crippen LogP contribution in [0.3, 0.4) is 0 Å². The van der Waals surface area contributed by atoms with E-state index in [2.05, 4.69) is 70.9 Å². The Morgan fingerprint density at radius 2 is 2.14 bits per heavy atom. The van der Waals surface area contributed by atoms with E-state index in [9.17, 15) is 0 Å². The summed E-state index contributed by atoms with van der Waals surface area (Å²) >= 11 is 3.56. The number of alkyl halides is 1. The Hall–Kier alpha value is -1.13. The third kappa shape index (κ3) is 3.06. The molecule has 4 heteroatoms. The van der Waals surface area contributed by atoms with Crippen molar-refractivity contribution in [2.24, 2.45) is 0 Å². The van der Waals surface area contributed by atoms with Gasteiger partial charge in [-0.1, -0.05) is 34.1 Å². The standard InChI is InChI=1S/C17H21BrN2O/c1-12-8-16(14-6-4-5-7-15(14)19-12)20-10-13(9-18)21-17(2,3)11-20/h4-8,13H,9-11H2,1-3H3. The molecule has 1 aromatic carbocycles. The van der Waals surface area contributed by atoms with Crippen molar-refractivity contribution in [1.82, 2.24) is 4.98 Å². The topological polar surface area (TPSA) is 25.4 Å². The molecule has 21 heavy (non-hydrogen) atoms. The van der Waals surface area contributed by atoms with E-state index in [1.54, 1.807) is 0 Å². The summed E-state index contributed by atoms with van der Waals surface area (Å²) in [7, 11) is 0. The number of para-hydroxylation sites is 1. The second kappa shape index (κ2) is 5.58. The van der Waals surface area contributed by atoms with Crippen LogP contribution < -0.4 is 4.90 Å². The van der Waals surface area contributed by atoms with Gasteiger partial charge < -0.3 is 9.64 Å². The molecule has 0 N–H and O–H groups in total. The van der Waals surface area contributed by atoms with Crippen LogP contribution >= 0.6 is 15.9 Å². The molecule has 1 aliphatic heterocycles. The maximum absolute atomic E-state index is 6.11. The smallest absolute Gasteiger partial charge is 0.0854 e. The lowest BCUT2D eigenvalue weighted by Gasteiger charge is -2.43. The number of halogens is 1. The second-order valence-electron chi connectivity index (χ2n) is 6.33. The highest BCUT2D eigenvalue weighted by molar-refractivity contribution is 9.09. The first-order valence-electron chi connectivity index (χ1n) is 7.34. The lowest BCUT2D eigenvalue weighted by Crippen LogP contribution is -2.53. The van der Waals surface area contributed by atoms with Gasteiger partial charge in [-0.15, -0.1) is 0 Å². The highest BCUT2D eigenvalue weighted by atomic mass is 79.9. The zero-order valence-corrected chi connectivity index (χ0v) is 14.4. The van der Waals surface area contributed by atoms with Crippen LogP contribution in [-0.2, 0) is 4.74 Å². The number of nitrogens with zero attached hydrogens (tertiary/aromatic N) is 2. The van der Waals surface area contributed by atoms with Gasteiger partial charge in [0.15, 0.2) is 0 Å². The molecule has 3 rings (SSSR count). The van der Waals surface area contributed by atoms with Crippen molar-refractivity contribution in [3.63, 3.8) is 0 Å². The minimum absolute atomic E-state index is 0.144. The van der Waals surface area contributed by atoms with Gasteiger partial charge in [-0.25, -0.2) is 0 Å². The largest absolute Gasteiger partial charge is 0.368 e. The minimum Gasteiger partial charge on any atom is -0.368 e. The molecule has 1 unspecified atom stereocenters. The molecule has 2 heterocycles. The third-order valence-corrected chi connectivity index (χ3v) is 4.54. The van der Waals surface area contributed by atoms with Crippen LogP contribution in [0.2, 0.25) is 0 Å². The Bertz CT molecular complexity index is 656. The normalized spacial score (nSPS) is 21.7. The summed E-state index contributed by atoms with van der Waals surface area (Å²) in [6.45, 7) is 8.17. The summed E-state index contributed by atoms with van der Waals surface area (Å²) in [6.07, 6.45) is 0.209. The molecule has 1 saturated heterocycles. The molecule has 0 amide bonds. The zero-order valence-electron chi connectivity index (χ0n) is 12.8. The highest BCUT2D eigenvalue weighted by Gasteiger charge is 2.33. The predicted molar refractivity (Wildman–Crippen MR) is 91.4 cm³/mol. The molecule has 0 spiro atoms. The van der Waals surface area contributed by atoms with Gasteiger partial charge in [-0.2, -0.15) is 0 Å². The van der Waals surface area contributed by atoms with Crippen LogP contribution in [0.4, 0.5) is 5.69 Å². The van der Waals surface area contributed by atoms with Crippen LogP contribution in [0.1, 0.15) is 19.5 Å². The zero-order chi connectivity index (χ0) is 15.0. The van der Waals surface area contributed by atoms with Crippen LogP contribution in [0, 0.1) is 6.92 Å². The highest BCUT2D eigenvalue weighted by Crippen LogP contribution is 2.32. The van der Waals surface area contributed by atoms with E-state index in [-0.39, 0.29) is 11.7 Å². The van der Waals surface area contributed by atoms with Gasteiger partial charge in [0.1, 0.15) is 0 Å². The van der Waals surface area contributed by atoms with Crippen LogP contribution in [-0.4, -0.2) is 35.1 Å². The van der Waals surface area contributed by atoms with Crippen molar-refractivity contribution in [2.45, 2.75) is 32.5 Å². The molecule has 0 saturated carbocycles. The van der Waals surface area contributed by atoms with Gasteiger partial charge in [0.05, 0.1) is 17.2 Å². The summed E-state index contributed by atoms with van der Waals surface area (Å²) in [4.78, 5) is 7.08. The third-order valence-electron chi connectivity index (χ3n) is 3.82. The summed E-state index contributed by atoms with van der Waals surface area (Å²) in [5, 5.41) is 2.07. The molecule has 2 aromatic rings. The summed E-state index contributed by atoms with van der Waals surface area (Å²) in [5.41, 5.74) is 3.24. The average Bonchev–Trinajstić information content (AvgIpc) is 2.44. The number of fused-ring (bicyclic) bond motifs is 1. The van der Waals surface area contributed by atoms with Crippen LogP contribution in [0.25, 0.3) is 10.9 Å². The molecule has 1 fully saturated rings. The summed E-state index contributed by atoms with van der Waals surface area (Å²) in [5.74, 6) is 0. The molecule has 0 aliphatic carbocycles. The first kappa shape index (κ1) is 14.8. The number of hydrogen-bond donors (Lipinski definition) is 0. The van der Waals surface area contributed by atoms with E-state index >= 15 is 0 Å². The Morgan fingerprint density at radius 1 is 1.38 bits per heavy atom. The summed E-state index contributed by atoms with van der Waals surface area (Å²) < 4.78 is 6.11. The Labute approximate surface area is 134 Å². The number of rotatable bonds is 2. The van der Waals surface area contributed by atoms with Gasteiger partial charge in [0.25, 0.3) is 0 Å². The fourth-order valence-corrected chi connectivity index (χ4v) is 3.44. The fourth-order valence-electron chi connectivity index (χ4n) is 3.11. The lowest BCUT2D eigenvalue weighted by molar-refractivity contribution is -0.0723. The number of anilines is 1. The molecule has 1 atom stereocenters. The van der Waals surface area contributed by atoms with Gasteiger partial charge in [0.2, 0.25) is 0 Å². The van der Waals surface area contributed by atoms with Crippen molar-refractivity contribution < 1.29 is 4.74 Å². The maximum atomic E-state index is 6.11. The monoisotopic (exact) mass is 348 g/mol. The Kier molecular flexibility index (Phi) is 3.93. The SMILES string of the molecule is Cc1cc(N2CC(CBr)OC(C)(C)C2)c2ccccc2n1. The molecule has 0 radical (unpaired) electrons. The number of ether oxygens (including phenoxy) is 1. The first-order chi connectivity index (χ1) is 9.98. The number of aromatic nitrogens is 1. The van der Waals surface area contributed by atoms with Crippen molar-refractivity contribution in [3.05, 3.63) is 36.0 Å². The first-order valence-corrected chi connectivity index (χ1v) is 8.46. The molecule has 112 valence electrons. The van der Waals surface area contributed by atoms with E-state index in [1.165, 1.54) is 11.1 Å². The lowest BCUT2D eigenvalue weighted by atomic mass is 10.0. The van der Waals surface area contributed by atoms with Gasteiger partial charge in [-0.3, -0.25) is 4.98 Å². The van der Waals surface area contributed by atoms with Crippen LogP contribution in [0.15, 0.2) is 30.3 Å². The molecule has 0 bridgehead atoms. The van der Waals surface area contributed by atoms with Crippen molar-refractivity contribution in [3.8, 4) is 0 Å². The fraction of sp³-hybridized carbons (Fsp3) is 0.471.